The maximum absolute atomic E-state index is 13.2. The molecule has 112 valence electrons. The standard InChI is InChI=1S/C15H17FN2O2S/c1-10-6-7-13(16)9-15(10)18-21(19,20)14-5-3-4-12(8-14)11(2)17/h3-9,11,18H,17H2,1-2H3. The SMILES string of the molecule is Cc1ccc(F)cc1NS(=O)(=O)c1cccc(C(C)N)c1. The first-order valence-corrected chi connectivity index (χ1v) is 7.92. The molecule has 1 unspecified atom stereocenters. The second-order valence-corrected chi connectivity index (χ2v) is 6.61. The molecule has 4 nitrogen and oxygen atoms in total. The molecule has 0 aliphatic rings. The number of anilines is 1. The number of hydrogen-bond acceptors (Lipinski definition) is 3. The van der Waals surface area contributed by atoms with Crippen LogP contribution < -0.4 is 10.5 Å². The third kappa shape index (κ3) is 3.59. The highest BCUT2D eigenvalue weighted by Gasteiger charge is 2.16. The van der Waals surface area contributed by atoms with E-state index in [4.69, 9.17) is 5.73 Å². The molecule has 0 saturated heterocycles. The van der Waals surface area contributed by atoms with Gasteiger partial charge in [-0.3, -0.25) is 4.72 Å². The Morgan fingerprint density at radius 1 is 1.19 bits per heavy atom. The molecule has 0 heterocycles. The summed E-state index contributed by atoms with van der Waals surface area (Å²) in [6.07, 6.45) is 0. The minimum atomic E-state index is -3.78. The molecule has 0 aliphatic heterocycles. The van der Waals surface area contributed by atoms with Gasteiger partial charge in [0.25, 0.3) is 10.0 Å². The Morgan fingerprint density at radius 2 is 1.90 bits per heavy atom. The minimum absolute atomic E-state index is 0.0981. The molecule has 1 atom stereocenters. The van der Waals surface area contributed by atoms with Gasteiger partial charge in [-0.15, -0.1) is 0 Å². The molecule has 2 rings (SSSR count). The lowest BCUT2D eigenvalue weighted by atomic mass is 10.1. The zero-order valence-electron chi connectivity index (χ0n) is 11.8. The van der Waals surface area contributed by atoms with Crippen molar-refractivity contribution >= 4 is 15.7 Å². The summed E-state index contributed by atoms with van der Waals surface area (Å²) in [6.45, 7) is 3.48. The van der Waals surface area contributed by atoms with Gasteiger partial charge in [-0.2, -0.15) is 0 Å². The number of rotatable bonds is 4. The third-order valence-corrected chi connectivity index (χ3v) is 4.50. The normalized spacial score (nSPS) is 13.0. The minimum Gasteiger partial charge on any atom is -0.324 e. The number of sulfonamides is 1. The summed E-state index contributed by atoms with van der Waals surface area (Å²) in [5, 5.41) is 0. The fourth-order valence-electron chi connectivity index (χ4n) is 1.87. The molecule has 2 aromatic rings. The van der Waals surface area contributed by atoms with Crippen molar-refractivity contribution in [2.45, 2.75) is 24.8 Å². The molecule has 0 aromatic heterocycles. The first-order chi connectivity index (χ1) is 9.79. The Bertz CT molecular complexity index is 758. The van der Waals surface area contributed by atoms with Gasteiger partial charge in [0, 0.05) is 6.04 Å². The van der Waals surface area contributed by atoms with Crippen LogP contribution in [-0.2, 0) is 10.0 Å². The van der Waals surface area contributed by atoms with Crippen molar-refractivity contribution in [2.24, 2.45) is 5.73 Å². The quantitative estimate of drug-likeness (QED) is 0.912. The number of nitrogens with one attached hydrogen (secondary N) is 1. The van der Waals surface area contributed by atoms with E-state index in [1.807, 2.05) is 0 Å². The van der Waals surface area contributed by atoms with Crippen LogP contribution in [0.15, 0.2) is 47.4 Å². The lowest BCUT2D eigenvalue weighted by molar-refractivity contribution is 0.600. The van der Waals surface area contributed by atoms with Crippen molar-refractivity contribution in [2.75, 3.05) is 4.72 Å². The molecule has 0 radical (unpaired) electrons. The smallest absolute Gasteiger partial charge is 0.261 e. The van der Waals surface area contributed by atoms with Crippen molar-refractivity contribution in [1.29, 1.82) is 0 Å². The second kappa shape index (κ2) is 5.83. The Morgan fingerprint density at radius 3 is 2.57 bits per heavy atom. The Labute approximate surface area is 123 Å². The third-order valence-electron chi connectivity index (χ3n) is 3.14. The maximum Gasteiger partial charge on any atom is 0.261 e. The fourth-order valence-corrected chi connectivity index (χ4v) is 3.05. The van der Waals surface area contributed by atoms with Crippen LogP contribution in [0.25, 0.3) is 0 Å². The molecule has 0 aliphatic carbocycles. The van der Waals surface area contributed by atoms with Gasteiger partial charge in [0.1, 0.15) is 5.82 Å². The van der Waals surface area contributed by atoms with Crippen molar-refractivity contribution in [1.82, 2.24) is 0 Å². The molecular formula is C15H17FN2O2S. The van der Waals surface area contributed by atoms with Gasteiger partial charge in [-0.1, -0.05) is 18.2 Å². The predicted octanol–water partition coefficient (Wildman–Crippen LogP) is 2.95. The topological polar surface area (TPSA) is 72.2 Å². The molecule has 6 heteroatoms. The van der Waals surface area contributed by atoms with Crippen LogP contribution in [0.2, 0.25) is 0 Å². The van der Waals surface area contributed by atoms with Crippen LogP contribution in [0.3, 0.4) is 0 Å². The fraction of sp³-hybridized carbons (Fsp3) is 0.200. The first-order valence-electron chi connectivity index (χ1n) is 6.44. The van der Waals surface area contributed by atoms with Gasteiger partial charge in [0.15, 0.2) is 0 Å². The van der Waals surface area contributed by atoms with Gasteiger partial charge < -0.3 is 5.73 Å². The van der Waals surface area contributed by atoms with E-state index in [0.29, 0.717) is 11.1 Å². The number of benzene rings is 2. The molecule has 0 fully saturated rings. The maximum atomic E-state index is 13.2. The monoisotopic (exact) mass is 308 g/mol. The lowest BCUT2D eigenvalue weighted by Crippen LogP contribution is -2.15. The molecule has 2 aromatic carbocycles. The Kier molecular flexibility index (Phi) is 4.29. The highest BCUT2D eigenvalue weighted by molar-refractivity contribution is 7.92. The zero-order chi connectivity index (χ0) is 15.6. The first kappa shape index (κ1) is 15.5. The highest BCUT2D eigenvalue weighted by Crippen LogP contribution is 2.22. The molecule has 3 N–H and O–H groups in total. The lowest BCUT2D eigenvalue weighted by Gasteiger charge is -2.12. The molecule has 0 amide bonds. The van der Waals surface area contributed by atoms with Gasteiger partial charge in [-0.25, -0.2) is 12.8 Å². The molecule has 21 heavy (non-hydrogen) atoms. The Hall–Kier alpha value is -1.92. The van der Waals surface area contributed by atoms with E-state index in [0.717, 1.165) is 6.07 Å². The van der Waals surface area contributed by atoms with Crippen molar-refractivity contribution < 1.29 is 12.8 Å². The van der Waals surface area contributed by atoms with E-state index in [1.54, 1.807) is 26.0 Å². The van der Waals surface area contributed by atoms with Crippen LogP contribution >= 0.6 is 0 Å². The predicted molar refractivity (Wildman–Crippen MR) is 81.0 cm³/mol. The van der Waals surface area contributed by atoms with Crippen LogP contribution in [0.5, 0.6) is 0 Å². The summed E-state index contributed by atoms with van der Waals surface area (Å²) in [5.74, 6) is -0.498. The van der Waals surface area contributed by atoms with E-state index >= 15 is 0 Å². The van der Waals surface area contributed by atoms with E-state index in [1.165, 1.54) is 24.3 Å². The van der Waals surface area contributed by atoms with E-state index in [2.05, 4.69) is 4.72 Å². The highest BCUT2D eigenvalue weighted by atomic mass is 32.2. The molecule has 0 spiro atoms. The number of nitrogens with two attached hydrogens (primary N) is 1. The van der Waals surface area contributed by atoms with E-state index in [-0.39, 0.29) is 16.6 Å². The van der Waals surface area contributed by atoms with Gasteiger partial charge in [0.05, 0.1) is 10.6 Å². The van der Waals surface area contributed by atoms with Crippen molar-refractivity contribution in [3.63, 3.8) is 0 Å². The molecule has 0 bridgehead atoms. The summed E-state index contributed by atoms with van der Waals surface area (Å²) in [5.41, 5.74) is 7.34. The second-order valence-electron chi connectivity index (χ2n) is 4.93. The van der Waals surface area contributed by atoms with E-state index in [9.17, 15) is 12.8 Å². The van der Waals surface area contributed by atoms with Crippen molar-refractivity contribution in [3.8, 4) is 0 Å². The summed E-state index contributed by atoms with van der Waals surface area (Å²) in [6, 6.07) is 10.1. The summed E-state index contributed by atoms with van der Waals surface area (Å²) in [7, 11) is -3.78. The summed E-state index contributed by atoms with van der Waals surface area (Å²) < 4.78 is 40.4. The van der Waals surface area contributed by atoms with E-state index < -0.39 is 15.8 Å². The van der Waals surface area contributed by atoms with Crippen LogP contribution in [0.1, 0.15) is 24.1 Å². The molecular weight excluding hydrogens is 291 g/mol. The average Bonchev–Trinajstić information content (AvgIpc) is 2.43. The number of aryl methyl sites for hydroxylation is 1. The zero-order valence-corrected chi connectivity index (χ0v) is 12.6. The largest absolute Gasteiger partial charge is 0.324 e. The molecule has 0 saturated carbocycles. The van der Waals surface area contributed by atoms with Gasteiger partial charge >= 0.3 is 0 Å². The van der Waals surface area contributed by atoms with Crippen molar-refractivity contribution in [3.05, 3.63) is 59.4 Å². The summed E-state index contributed by atoms with van der Waals surface area (Å²) in [4.78, 5) is 0.0981. The van der Waals surface area contributed by atoms with Crippen LogP contribution in [0, 0.1) is 12.7 Å². The number of hydrogen-bond donors (Lipinski definition) is 2. The average molecular weight is 308 g/mol. The van der Waals surface area contributed by atoms with Gasteiger partial charge in [0.2, 0.25) is 0 Å². The number of halogens is 1. The Balaban J connectivity index is 2.38. The van der Waals surface area contributed by atoms with Crippen LogP contribution in [-0.4, -0.2) is 8.42 Å². The summed E-state index contributed by atoms with van der Waals surface area (Å²) >= 11 is 0. The van der Waals surface area contributed by atoms with Gasteiger partial charge in [-0.05, 0) is 49.2 Å². The van der Waals surface area contributed by atoms with Crippen LogP contribution in [0.4, 0.5) is 10.1 Å².